The molecule has 0 aliphatic rings. The minimum absolute atomic E-state index is 0.431. The van der Waals surface area contributed by atoms with Gasteiger partial charge in [0.15, 0.2) is 6.10 Å². The van der Waals surface area contributed by atoms with Crippen molar-refractivity contribution in [1.82, 2.24) is 0 Å². The summed E-state index contributed by atoms with van der Waals surface area (Å²) in [6.07, 6.45) is 1.98. The molecule has 6 heteroatoms. The lowest BCUT2D eigenvalue weighted by Crippen LogP contribution is -2.29. The summed E-state index contributed by atoms with van der Waals surface area (Å²) in [7, 11) is 1.52. The van der Waals surface area contributed by atoms with Crippen molar-refractivity contribution in [3.8, 4) is 5.75 Å². The summed E-state index contributed by atoms with van der Waals surface area (Å²) in [5, 5.41) is 2.72. The molecule has 0 aliphatic carbocycles. The molecule has 1 N–H and O–H groups in total. The van der Waals surface area contributed by atoms with E-state index in [2.05, 4.69) is 21.2 Å². The molecule has 0 radical (unpaired) electrons. The van der Waals surface area contributed by atoms with Gasteiger partial charge in [-0.15, -0.1) is 0 Å². The molecule has 0 fully saturated rings. The third kappa shape index (κ3) is 5.74. The lowest BCUT2D eigenvalue weighted by molar-refractivity contribution is -0.148. The lowest BCUT2D eigenvalue weighted by atomic mass is 10.2. The second kappa shape index (κ2) is 9.20. The van der Waals surface area contributed by atoms with Gasteiger partial charge in [-0.1, -0.05) is 34.1 Å². The molecule has 0 unspecified atom stereocenters. The van der Waals surface area contributed by atoms with Crippen LogP contribution in [0.2, 0.25) is 0 Å². The van der Waals surface area contributed by atoms with Crippen molar-refractivity contribution in [2.75, 3.05) is 12.4 Å². The summed E-state index contributed by atoms with van der Waals surface area (Å²) in [5.41, 5.74) is 2.36. The molecular formula is C20H20BrNO4. The number of amides is 1. The first-order valence-electron chi connectivity index (χ1n) is 7.99. The van der Waals surface area contributed by atoms with E-state index in [-0.39, 0.29) is 0 Å². The van der Waals surface area contributed by atoms with Gasteiger partial charge < -0.3 is 14.8 Å². The van der Waals surface area contributed by atoms with Crippen LogP contribution in [-0.2, 0) is 14.3 Å². The molecule has 2 aromatic rings. The van der Waals surface area contributed by atoms with Crippen molar-refractivity contribution in [3.63, 3.8) is 0 Å². The number of benzene rings is 2. The van der Waals surface area contributed by atoms with Crippen LogP contribution in [0.15, 0.2) is 53.0 Å². The van der Waals surface area contributed by atoms with Crippen LogP contribution in [0.3, 0.4) is 0 Å². The highest BCUT2D eigenvalue weighted by atomic mass is 79.9. The van der Waals surface area contributed by atoms with E-state index in [0.29, 0.717) is 11.4 Å². The minimum atomic E-state index is -0.942. The number of anilines is 1. The van der Waals surface area contributed by atoms with Crippen LogP contribution < -0.4 is 10.1 Å². The number of carbonyl (C=O) groups is 2. The first-order chi connectivity index (χ1) is 12.4. The fourth-order valence-corrected chi connectivity index (χ4v) is 2.42. The molecule has 0 saturated heterocycles. The number of hydrogen-bond donors (Lipinski definition) is 1. The third-order valence-electron chi connectivity index (χ3n) is 3.56. The zero-order valence-corrected chi connectivity index (χ0v) is 16.4. The first kappa shape index (κ1) is 19.7. The number of hydrogen-bond acceptors (Lipinski definition) is 4. The first-order valence-corrected chi connectivity index (χ1v) is 8.78. The van der Waals surface area contributed by atoms with Crippen molar-refractivity contribution >= 4 is 39.6 Å². The molecule has 2 aromatic carbocycles. The number of nitrogens with one attached hydrogen (secondary N) is 1. The maximum Gasteiger partial charge on any atom is 0.331 e. The quantitative estimate of drug-likeness (QED) is 0.560. The summed E-state index contributed by atoms with van der Waals surface area (Å²) in [6.45, 7) is 3.43. The van der Waals surface area contributed by atoms with E-state index in [1.165, 1.54) is 20.1 Å². The van der Waals surface area contributed by atoms with Crippen LogP contribution in [0, 0.1) is 6.92 Å². The van der Waals surface area contributed by atoms with Crippen LogP contribution in [0.25, 0.3) is 6.08 Å². The number of aryl methyl sites for hydroxylation is 1. The van der Waals surface area contributed by atoms with Crippen molar-refractivity contribution in [3.05, 3.63) is 64.1 Å². The zero-order chi connectivity index (χ0) is 19.1. The maximum absolute atomic E-state index is 12.3. The van der Waals surface area contributed by atoms with Crippen molar-refractivity contribution < 1.29 is 19.1 Å². The zero-order valence-electron chi connectivity index (χ0n) is 14.8. The number of rotatable bonds is 6. The van der Waals surface area contributed by atoms with Crippen LogP contribution in [0.1, 0.15) is 18.1 Å². The Balaban J connectivity index is 1.95. The molecule has 2 rings (SSSR count). The Labute approximate surface area is 161 Å². The number of carbonyl (C=O) groups excluding carboxylic acids is 2. The van der Waals surface area contributed by atoms with Crippen LogP contribution >= 0.6 is 15.9 Å². The molecule has 0 saturated carbocycles. The van der Waals surface area contributed by atoms with E-state index in [1.807, 2.05) is 37.3 Å². The molecule has 0 aliphatic heterocycles. The van der Waals surface area contributed by atoms with Gasteiger partial charge >= 0.3 is 5.97 Å². The van der Waals surface area contributed by atoms with Crippen molar-refractivity contribution in [2.45, 2.75) is 20.0 Å². The van der Waals surface area contributed by atoms with Gasteiger partial charge in [-0.2, -0.15) is 0 Å². The number of halogens is 1. The van der Waals surface area contributed by atoms with Gasteiger partial charge in [-0.3, -0.25) is 4.79 Å². The van der Waals surface area contributed by atoms with Gasteiger partial charge in [-0.05, 0) is 55.3 Å². The highest BCUT2D eigenvalue weighted by Crippen LogP contribution is 2.25. The topological polar surface area (TPSA) is 64.6 Å². The minimum Gasteiger partial charge on any atom is -0.495 e. The Morgan fingerprint density at radius 1 is 1.15 bits per heavy atom. The highest BCUT2D eigenvalue weighted by Gasteiger charge is 2.18. The molecule has 5 nitrogen and oxygen atoms in total. The van der Waals surface area contributed by atoms with Gasteiger partial charge in [0, 0.05) is 10.5 Å². The third-order valence-corrected chi connectivity index (χ3v) is 4.09. The summed E-state index contributed by atoms with van der Waals surface area (Å²) in [5.74, 6) is -0.483. The van der Waals surface area contributed by atoms with Gasteiger partial charge in [-0.25, -0.2) is 4.79 Å². The molecule has 136 valence electrons. The normalized spacial score (nSPS) is 11.8. The van der Waals surface area contributed by atoms with Crippen LogP contribution in [0.4, 0.5) is 5.69 Å². The predicted octanol–water partition coefficient (Wildman–Crippen LogP) is 4.35. The second-order valence-corrected chi connectivity index (χ2v) is 6.57. The van der Waals surface area contributed by atoms with Crippen LogP contribution in [0.5, 0.6) is 5.75 Å². The number of esters is 1. The molecule has 1 amide bonds. The van der Waals surface area contributed by atoms with E-state index in [0.717, 1.165) is 15.6 Å². The molecule has 0 aromatic heterocycles. The summed E-state index contributed by atoms with van der Waals surface area (Å²) in [6, 6.07) is 12.9. The van der Waals surface area contributed by atoms with Gasteiger partial charge in [0.1, 0.15) is 5.75 Å². The van der Waals surface area contributed by atoms with Crippen molar-refractivity contribution in [1.29, 1.82) is 0 Å². The molecule has 0 heterocycles. The highest BCUT2D eigenvalue weighted by molar-refractivity contribution is 9.10. The summed E-state index contributed by atoms with van der Waals surface area (Å²) < 4.78 is 11.3. The van der Waals surface area contributed by atoms with E-state index < -0.39 is 18.0 Å². The lowest BCUT2D eigenvalue weighted by Gasteiger charge is -2.15. The number of ether oxygens (including phenoxy) is 2. The summed E-state index contributed by atoms with van der Waals surface area (Å²) in [4.78, 5) is 24.2. The fraction of sp³-hybridized carbons (Fsp3) is 0.200. The average molecular weight is 418 g/mol. The fourth-order valence-electron chi connectivity index (χ4n) is 2.16. The largest absolute Gasteiger partial charge is 0.495 e. The predicted molar refractivity (Wildman–Crippen MR) is 105 cm³/mol. The molecule has 0 bridgehead atoms. The van der Waals surface area contributed by atoms with E-state index >= 15 is 0 Å². The number of methoxy groups -OCH3 is 1. The van der Waals surface area contributed by atoms with Gasteiger partial charge in [0.05, 0.1) is 12.8 Å². The molecule has 1 atom stereocenters. The summed E-state index contributed by atoms with van der Waals surface area (Å²) >= 11 is 3.35. The van der Waals surface area contributed by atoms with Crippen LogP contribution in [-0.4, -0.2) is 25.1 Å². The van der Waals surface area contributed by atoms with Gasteiger partial charge in [0.25, 0.3) is 5.91 Å². The van der Waals surface area contributed by atoms with E-state index in [4.69, 9.17) is 9.47 Å². The Kier molecular flexibility index (Phi) is 6.97. The second-order valence-electron chi connectivity index (χ2n) is 5.66. The average Bonchev–Trinajstić information content (AvgIpc) is 2.61. The monoisotopic (exact) mass is 417 g/mol. The SMILES string of the molecule is COc1ccc(C)cc1NC(=O)[C@H](C)OC(=O)/C=C/c1ccc(Br)cc1. The Bertz CT molecular complexity index is 815. The smallest absolute Gasteiger partial charge is 0.331 e. The van der Waals surface area contributed by atoms with Crippen molar-refractivity contribution in [2.24, 2.45) is 0 Å². The van der Waals surface area contributed by atoms with Gasteiger partial charge in [0.2, 0.25) is 0 Å². The molecule has 26 heavy (non-hydrogen) atoms. The Morgan fingerprint density at radius 3 is 2.50 bits per heavy atom. The molecule has 0 spiro atoms. The molecular weight excluding hydrogens is 398 g/mol. The van der Waals surface area contributed by atoms with E-state index in [9.17, 15) is 9.59 Å². The Hall–Kier alpha value is -2.60. The van der Waals surface area contributed by atoms with E-state index in [1.54, 1.807) is 18.2 Å². The standard InChI is InChI=1S/C20H20BrNO4/c1-13-4-10-18(25-3)17(12-13)22-20(24)14(2)26-19(23)11-7-15-5-8-16(21)9-6-15/h4-12,14H,1-3H3,(H,22,24)/b11-7+/t14-/m0/s1. The maximum atomic E-state index is 12.3. The Morgan fingerprint density at radius 2 is 1.85 bits per heavy atom.